The minimum Gasteiger partial charge on any atom is -0.460 e. The van der Waals surface area contributed by atoms with Crippen molar-refractivity contribution in [1.82, 2.24) is 0 Å². The standard InChI is InChI=1S/C26H32O13/c1-12(27)10-20-22(34-13(2)28)23(35-14(3)29)24(36-15(4)30)26(39-20)37-18-9-7-6-8-16(18)19-11-17(31)21(32)25(33-5)38-19/h6-9,19-26,32H,10-11H2,1-5H3/t19-,20+,21+,22-,23-,24-,25+,26+/m0/s1. The molecule has 0 unspecified atom stereocenters. The molecule has 0 aromatic heterocycles. The molecule has 8 atom stereocenters. The second kappa shape index (κ2) is 13.1. The highest BCUT2D eigenvalue weighted by molar-refractivity contribution is 5.84. The molecule has 0 amide bonds. The Morgan fingerprint density at radius 2 is 1.46 bits per heavy atom. The van der Waals surface area contributed by atoms with E-state index < -0.39 is 72.9 Å². The molecule has 0 saturated carbocycles. The summed E-state index contributed by atoms with van der Waals surface area (Å²) >= 11 is 0. The van der Waals surface area contributed by atoms with Gasteiger partial charge in [0.15, 0.2) is 30.4 Å². The van der Waals surface area contributed by atoms with Gasteiger partial charge in [-0.15, -0.1) is 0 Å². The van der Waals surface area contributed by atoms with Crippen molar-refractivity contribution in [1.29, 1.82) is 0 Å². The fraction of sp³-hybridized carbons (Fsp3) is 0.577. The molecule has 3 rings (SSSR count). The molecule has 2 aliphatic heterocycles. The molecule has 214 valence electrons. The van der Waals surface area contributed by atoms with Crippen molar-refractivity contribution in [2.45, 2.75) is 89.7 Å². The zero-order chi connectivity index (χ0) is 28.9. The Balaban J connectivity index is 2.01. The van der Waals surface area contributed by atoms with Crippen LogP contribution < -0.4 is 4.74 Å². The first-order valence-corrected chi connectivity index (χ1v) is 12.2. The van der Waals surface area contributed by atoms with Crippen LogP contribution in [0.5, 0.6) is 5.75 Å². The second-order valence-corrected chi connectivity index (χ2v) is 9.17. The first-order valence-electron chi connectivity index (χ1n) is 12.2. The molecule has 39 heavy (non-hydrogen) atoms. The van der Waals surface area contributed by atoms with Crippen LogP contribution in [0.2, 0.25) is 0 Å². The average Bonchev–Trinajstić information content (AvgIpc) is 2.84. The lowest BCUT2D eigenvalue weighted by Crippen LogP contribution is -2.63. The van der Waals surface area contributed by atoms with Gasteiger partial charge in [0, 0.05) is 46.3 Å². The summed E-state index contributed by atoms with van der Waals surface area (Å²) in [4.78, 5) is 60.4. The van der Waals surface area contributed by atoms with Crippen molar-refractivity contribution in [3.63, 3.8) is 0 Å². The van der Waals surface area contributed by atoms with E-state index in [0.29, 0.717) is 5.56 Å². The van der Waals surface area contributed by atoms with E-state index >= 15 is 0 Å². The van der Waals surface area contributed by atoms with Gasteiger partial charge in [0.05, 0.1) is 6.10 Å². The number of ether oxygens (including phenoxy) is 7. The fourth-order valence-corrected chi connectivity index (χ4v) is 4.48. The number of Topliss-reactive ketones (excluding diaryl/α,β-unsaturated/α-hetero) is 2. The highest BCUT2D eigenvalue weighted by Crippen LogP contribution is 2.38. The van der Waals surface area contributed by atoms with Gasteiger partial charge in [0.2, 0.25) is 12.4 Å². The molecule has 2 aliphatic rings. The van der Waals surface area contributed by atoms with Gasteiger partial charge < -0.3 is 38.3 Å². The van der Waals surface area contributed by atoms with Crippen LogP contribution in [-0.4, -0.2) is 84.8 Å². The molecule has 0 bridgehead atoms. The van der Waals surface area contributed by atoms with E-state index in [-0.39, 0.29) is 24.4 Å². The third-order valence-corrected chi connectivity index (χ3v) is 6.00. The Bertz CT molecular complexity index is 1090. The summed E-state index contributed by atoms with van der Waals surface area (Å²) < 4.78 is 39.2. The number of rotatable bonds is 9. The third-order valence-electron chi connectivity index (χ3n) is 6.00. The van der Waals surface area contributed by atoms with Crippen LogP contribution in [0, 0.1) is 0 Å². The molecule has 1 aromatic rings. The van der Waals surface area contributed by atoms with E-state index in [1.165, 1.54) is 14.0 Å². The summed E-state index contributed by atoms with van der Waals surface area (Å²) in [6, 6.07) is 6.47. The molecule has 1 aromatic carbocycles. The number of esters is 3. The first kappa shape index (κ1) is 30.2. The number of methoxy groups -OCH3 is 1. The zero-order valence-electron chi connectivity index (χ0n) is 22.2. The van der Waals surface area contributed by atoms with E-state index in [9.17, 15) is 29.1 Å². The molecule has 2 heterocycles. The van der Waals surface area contributed by atoms with Crippen molar-refractivity contribution in [3.8, 4) is 5.75 Å². The SMILES string of the molecule is CO[C@@H]1O[C@H](c2ccccc2O[C@@H]2O[C@H](CC(C)=O)[C@H](OC(C)=O)[C@H](OC(C)=O)[C@@H]2OC(C)=O)CC(=O)[C@H]1O. The van der Waals surface area contributed by atoms with Crippen LogP contribution in [0.25, 0.3) is 0 Å². The number of aliphatic hydroxyl groups excluding tert-OH is 1. The predicted molar refractivity (Wildman–Crippen MR) is 128 cm³/mol. The fourth-order valence-electron chi connectivity index (χ4n) is 4.48. The molecular formula is C26H32O13. The van der Waals surface area contributed by atoms with Crippen LogP contribution >= 0.6 is 0 Å². The zero-order valence-corrected chi connectivity index (χ0v) is 22.2. The monoisotopic (exact) mass is 552 g/mol. The van der Waals surface area contributed by atoms with E-state index in [0.717, 1.165) is 20.8 Å². The van der Waals surface area contributed by atoms with Crippen LogP contribution in [0.1, 0.15) is 52.2 Å². The topological polar surface area (TPSA) is 170 Å². The van der Waals surface area contributed by atoms with E-state index in [2.05, 4.69) is 0 Å². The largest absolute Gasteiger partial charge is 0.460 e. The maximum atomic E-state index is 12.4. The molecule has 13 heteroatoms. The van der Waals surface area contributed by atoms with E-state index in [4.69, 9.17) is 33.2 Å². The lowest BCUT2D eigenvalue weighted by molar-refractivity contribution is -0.283. The number of para-hydroxylation sites is 1. The average molecular weight is 553 g/mol. The van der Waals surface area contributed by atoms with Crippen molar-refractivity contribution < 1.29 is 62.2 Å². The van der Waals surface area contributed by atoms with Crippen molar-refractivity contribution in [2.24, 2.45) is 0 Å². The van der Waals surface area contributed by atoms with Crippen molar-refractivity contribution in [3.05, 3.63) is 29.8 Å². The molecular weight excluding hydrogens is 520 g/mol. The molecule has 0 aliphatic carbocycles. The Labute approximate surface area is 224 Å². The highest BCUT2D eigenvalue weighted by Gasteiger charge is 2.53. The summed E-state index contributed by atoms with van der Waals surface area (Å²) in [6.45, 7) is 4.67. The number of benzene rings is 1. The third kappa shape index (κ3) is 7.60. The molecule has 1 N–H and O–H groups in total. The number of carbonyl (C=O) groups excluding carboxylic acids is 5. The van der Waals surface area contributed by atoms with Gasteiger partial charge >= 0.3 is 17.9 Å². The summed E-state index contributed by atoms with van der Waals surface area (Å²) in [7, 11) is 1.29. The molecule has 0 spiro atoms. The Morgan fingerprint density at radius 3 is 2.05 bits per heavy atom. The lowest BCUT2D eigenvalue weighted by atomic mass is 9.94. The van der Waals surface area contributed by atoms with Gasteiger partial charge in [-0.3, -0.25) is 24.0 Å². The minimum absolute atomic E-state index is 0.151. The van der Waals surface area contributed by atoms with Crippen molar-refractivity contribution >= 4 is 29.5 Å². The quantitative estimate of drug-likeness (QED) is 0.339. The predicted octanol–water partition coefficient (Wildman–Crippen LogP) is 0.928. The van der Waals surface area contributed by atoms with Crippen LogP contribution in [0.4, 0.5) is 0 Å². The summed E-state index contributed by atoms with van der Waals surface area (Å²) in [5.74, 6) is -2.95. The number of carbonyl (C=O) groups is 5. The Kier molecular flexibility index (Phi) is 10.1. The van der Waals surface area contributed by atoms with Gasteiger partial charge in [0.1, 0.15) is 17.6 Å². The second-order valence-electron chi connectivity index (χ2n) is 9.17. The number of hydrogen-bond donors (Lipinski definition) is 1. The normalized spacial score (nSPS) is 30.7. The summed E-state index contributed by atoms with van der Waals surface area (Å²) in [5.41, 5.74) is 0.388. The van der Waals surface area contributed by atoms with Crippen LogP contribution in [0.3, 0.4) is 0 Å². The van der Waals surface area contributed by atoms with E-state index in [1.54, 1.807) is 24.3 Å². The molecule has 2 saturated heterocycles. The summed E-state index contributed by atoms with van der Waals surface area (Å²) in [6.07, 6.45) is -10.6. The number of hydrogen-bond acceptors (Lipinski definition) is 13. The van der Waals surface area contributed by atoms with Gasteiger partial charge in [-0.25, -0.2) is 0 Å². The Hall–Kier alpha value is -3.39. The number of ketones is 2. The first-order chi connectivity index (χ1) is 18.4. The van der Waals surface area contributed by atoms with Gasteiger partial charge in [-0.1, -0.05) is 18.2 Å². The van der Waals surface area contributed by atoms with E-state index in [1.807, 2.05) is 0 Å². The highest BCUT2D eigenvalue weighted by atomic mass is 16.7. The minimum atomic E-state index is -1.45. The van der Waals surface area contributed by atoms with Crippen LogP contribution in [0.15, 0.2) is 24.3 Å². The molecule has 13 nitrogen and oxygen atoms in total. The number of aliphatic hydroxyl groups is 1. The molecule has 0 radical (unpaired) electrons. The maximum Gasteiger partial charge on any atom is 0.303 e. The van der Waals surface area contributed by atoms with Gasteiger partial charge in [0.25, 0.3) is 0 Å². The van der Waals surface area contributed by atoms with Gasteiger partial charge in [-0.2, -0.15) is 0 Å². The Morgan fingerprint density at radius 1 is 0.872 bits per heavy atom. The van der Waals surface area contributed by atoms with Crippen molar-refractivity contribution in [2.75, 3.05) is 7.11 Å². The maximum absolute atomic E-state index is 12.4. The molecule has 2 fully saturated rings. The lowest BCUT2D eigenvalue weighted by Gasteiger charge is -2.44. The van der Waals surface area contributed by atoms with Gasteiger partial charge in [-0.05, 0) is 13.0 Å². The van der Waals surface area contributed by atoms with Crippen LogP contribution in [-0.2, 0) is 52.4 Å². The smallest absolute Gasteiger partial charge is 0.303 e. The summed E-state index contributed by atoms with van der Waals surface area (Å²) in [5, 5.41) is 10.0.